The van der Waals surface area contributed by atoms with Crippen LogP contribution in [0.1, 0.15) is 12.8 Å². The van der Waals surface area contributed by atoms with Crippen LogP contribution in [0.15, 0.2) is 72.0 Å². The van der Waals surface area contributed by atoms with Gasteiger partial charge in [-0.05, 0) is 49.1 Å². The number of piperidine rings is 1. The van der Waals surface area contributed by atoms with Gasteiger partial charge in [0.2, 0.25) is 10.0 Å². The normalized spacial score (nSPS) is 16.2. The van der Waals surface area contributed by atoms with E-state index < -0.39 is 25.9 Å². The van der Waals surface area contributed by atoms with Crippen LogP contribution in [0.5, 0.6) is 0 Å². The molecule has 1 aliphatic rings. The molecule has 2 aromatic heterocycles. The lowest BCUT2D eigenvalue weighted by atomic mass is 9.98. The molecular weight excluding hydrogens is 491 g/mol. The van der Waals surface area contributed by atoms with E-state index >= 15 is 0 Å². The lowest BCUT2D eigenvalue weighted by Crippen LogP contribution is -2.38. The molecule has 0 spiro atoms. The average molecular weight is 517 g/mol. The molecule has 8 nitrogen and oxygen atoms in total. The lowest BCUT2D eigenvalue weighted by Gasteiger charge is -2.30. The standard InChI is InChI=1S/C24H25FN4O4S2/c1-34(30,31)28-11-9-18(10-12-28)15-27-16-19(14-26-27)23-17-29(24-13-20(25)7-8-22(23)24)35(32,33)21-5-3-2-4-6-21/h2-8,13-14,16-18H,9-12,15H2,1H3. The molecule has 0 saturated carbocycles. The Kier molecular flexibility index (Phi) is 6.02. The first-order valence-electron chi connectivity index (χ1n) is 11.2. The summed E-state index contributed by atoms with van der Waals surface area (Å²) in [6.07, 6.45) is 7.75. The fourth-order valence-electron chi connectivity index (χ4n) is 4.60. The van der Waals surface area contributed by atoms with Crippen molar-refractivity contribution in [2.45, 2.75) is 24.3 Å². The maximum absolute atomic E-state index is 14.1. The number of aromatic nitrogens is 3. The topological polar surface area (TPSA) is 94.3 Å². The molecule has 4 aromatic rings. The van der Waals surface area contributed by atoms with E-state index in [1.54, 1.807) is 35.1 Å². The maximum atomic E-state index is 14.1. The Bertz CT molecular complexity index is 1590. The van der Waals surface area contributed by atoms with E-state index in [0.29, 0.717) is 30.6 Å². The maximum Gasteiger partial charge on any atom is 0.268 e. The smallest absolute Gasteiger partial charge is 0.268 e. The highest BCUT2D eigenvalue weighted by Gasteiger charge is 2.26. The monoisotopic (exact) mass is 516 g/mol. The summed E-state index contributed by atoms with van der Waals surface area (Å²) in [7, 11) is -7.11. The van der Waals surface area contributed by atoms with E-state index in [1.165, 1.54) is 41.0 Å². The van der Waals surface area contributed by atoms with Gasteiger partial charge in [0, 0.05) is 48.5 Å². The second-order valence-electron chi connectivity index (χ2n) is 8.87. The first-order valence-corrected chi connectivity index (χ1v) is 14.5. The van der Waals surface area contributed by atoms with Crippen LogP contribution < -0.4 is 0 Å². The first kappa shape index (κ1) is 23.7. The van der Waals surface area contributed by atoms with Crippen molar-refractivity contribution in [3.05, 3.63) is 72.9 Å². The van der Waals surface area contributed by atoms with Crippen LogP contribution in [0.2, 0.25) is 0 Å². The van der Waals surface area contributed by atoms with E-state index in [0.717, 1.165) is 22.4 Å². The molecule has 0 bridgehead atoms. The van der Waals surface area contributed by atoms with Crippen molar-refractivity contribution >= 4 is 30.9 Å². The molecule has 0 N–H and O–H groups in total. The second-order valence-corrected chi connectivity index (χ2v) is 12.7. The van der Waals surface area contributed by atoms with Gasteiger partial charge in [-0.15, -0.1) is 0 Å². The Labute approximate surface area is 203 Å². The largest absolute Gasteiger partial charge is 0.272 e. The quantitative estimate of drug-likeness (QED) is 0.391. The van der Waals surface area contributed by atoms with E-state index in [4.69, 9.17) is 0 Å². The molecule has 1 saturated heterocycles. The van der Waals surface area contributed by atoms with Crippen LogP contribution >= 0.6 is 0 Å². The summed E-state index contributed by atoms with van der Waals surface area (Å²) in [4.78, 5) is 0.115. The summed E-state index contributed by atoms with van der Waals surface area (Å²) >= 11 is 0. The van der Waals surface area contributed by atoms with Crippen molar-refractivity contribution < 1.29 is 21.2 Å². The number of hydrogen-bond acceptors (Lipinski definition) is 5. The molecule has 11 heteroatoms. The van der Waals surface area contributed by atoms with Gasteiger partial charge in [0.25, 0.3) is 10.0 Å². The highest BCUT2D eigenvalue weighted by Crippen LogP contribution is 2.33. The fourth-order valence-corrected chi connectivity index (χ4v) is 6.85. The molecule has 0 aliphatic carbocycles. The Hall–Kier alpha value is -3.02. The molecule has 1 fully saturated rings. The minimum Gasteiger partial charge on any atom is -0.272 e. The van der Waals surface area contributed by atoms with E-state index in [1.807, 2.05) is 6.20 Å². The molecule has 184 valence electrons. The number of sulfonamides is 1. The predicted octanol–water partition coefficient (Wildman–Crippen LogP) is 3.55. The molecule has 2 aromatic carbocycles. The molecule has 0 amide bonds. The Balaban J connectivity index is 1.46. The van der Waals surface area contributed by atoms with Gasteiger partial charge >= 0.3 is 0 Å². The number of rotatable bonds is 6. The number of benzene rings is 2. The summed E-state index contributed by atoms with van der Waals surface area (Å²) in [5.74, 6) is -0.238. The molecule has 35 heavy (non-hydrogen) atoms. The van der Waals surface area contributed by atoms with Gasteiger partial charge in [-0.25, -0.2) is 29.5 Å². The van der Waals surface area contributed by atoms with Gasteiger partial charge in [-0.1, -0.05) is 18.2 Å². The SMILES string of the molecule is CS(=O)(=O)N1CCC(Cn2cc(-c3cn(S(=O)(=O)c4ccccc4)c4cc(F)ccc34)cn2)CC1. The molecule has 0 unspecified atom stereocenters. The number of fused-ring (bicyclic) bond motifs is 1. The van der Waals surface area contributed by atoms with Crippen molar-refractivity contribution in [1.29, 1.82) is 0 Å². The Morgan fingerprint density at radius 1 is 1.00 bits per heavy atom. The zero-order chi connectivity index (χ0) is 24.8. The van der Waals surface area contributed by atoms with Crippen molar-refractivity contribution in [2.75, 3.05) is 19.3 Å². The third-order valence-electron chi connectivity index (χ3n) is 6.47. The zero-order valence-electron chi connectivity index (χ0n) is 19.1. The zero-order valence-corrected chi connectivity index (χ0v) is 20.7. The summed E-state index contributed by atoms with van der Waals surface area (Å²) in [6.45, 7) is 1.62. The van der Waals surface area contributed by atoms with Crippen LogP contribution in [0, 0.1) is 11.7 Å². The van der Waals surface area contributed by atoms with Gasteiger partial charge in [0.05, 0.1) is 22.9 Å². The molecule has 0 radical (unpaired) electrons. The Morgan fingerprint density at radius 2 is 1.71 bits per heavy atom. The van der Waals surface area contributed by atoms with Crippen LogP contribution in [0.25, 0.3) is 22.0 Å². The summed E-state index contributed by atoms with van der Waals surface area (Å²) in [6, 6.07) is 12.1. The first-order chi connectivity index (χ1) is 16.6. The minimum atomic E-state index is -3.93. The van der Waals surface area contributed by atoms with Crippen molar-refractivity contribution in [1.82, 2.24) is 18.1 Å². The van der Waals surface area contributed by atoms with Crippen LogP contribution in [0.3, 0.4) is 0 Å². The second kappa shape index (κ2) is 8.89. The van der Waals surface area contributed by atoms with Gasteiger partial charge in [0.1, 0.15) is 5.82 Å². The van der Waals surface area contributed by atoms with E-state index in [2.05, 4.69) is 5.10 Å². The van der Waals surface area contributed by atoms with Crippen molar-refractivity contribution in [3.8, 4) is 11.1 Å². The lowest BCUT2D eigenvalue weighted by molar-refractivity contribution is 0.248. The van der Waals surface area contributed by atoms with Gasteiger partial charge in [-0.2, -0.15) is 5.10 Å². The minimum absolute atomic E-state index is 0.115. The van der Waals surface area contributed by atoms with Crippen molar-refractivity contribution in [3.63, 3.8) is 0 Å². The van der Waals surface area contributed by atoms with E-state index in [9.17, 15) is 21.2 Å². The number of hydrogen-bond donors (Lipinski definition) is 0. The highest BCUT2D eigenvalue weighted by molar-refractivity contribution is 7.90. The highest BCUT2D eigenvalue weighted by atomic mass is 32.2. The van der Waals surface area contributed by atoms with E-state index in [-0.39, 0.29) is 16.3 Å². The van der Waals surface area contributed by atoms with Gasteiger partial charge in [0.15, 0.2) is 0 Å². The molecule has 3 heterocycles. The van der Waals surface area contributed by atoms with Crippen molar-refractivity contribution in [2.24, 2.45) is 5.92 Å². The molecular formula is C24H25FN4O4S2. The number of nitrogens with zero attached hydrogens (tertiary/aromatic N) is 4. The molecule has 0 atom stereocenters. The third kappa shape index (κ3) is 4.63. The summed E-state index contributed by atoms with van der Waals surface area (Å²) < 4.78 is 68.7. The Morgan fingerprint density at radius 3 is 2.40 bits per heavy atom. The third-order valence-corrected chi connectivity index (χ3v) is 9.46. The fraction of sp³-hybridized carbons (Fsp3) is 0.292. The van der Waals surface area contributed by atoms with Gasteiger partial charge in [-0.3, -0.25) is 4.68 Å². The average Bonchev–Trinajstić information content (AvgIpc) is 3.44. The van der Waals surface area contributed by atoms with Crippen LogP contribution in [-0.4, -0.2) is 54.2 Å². The predicted molar refractivity (Wildman–Crippen MR) is 131 cm³/mol. The number of halogens is 1. The summed E-state index contributed by atoms with van der Waals surface area (Å²) in [5.41, 5.74) is 1.61. The summed E-state index contributed by atoms with van der Waals surface area (Å²) in [5, 5.41) is 5.06. The molecule has 1 aliphatic heterocycles. The molecule has 5 rings (SSSR count). The van der Waals surface area contributed by atoms with Crippen LogP contribution in [-0.2, 0) is 26.6 Å². The van der Waals surface area contributed by atoms with Gasteiger partial charge < -0.3 is 0 Å². The van der Waals surface area contributed by atoms with Crippen LogP contribution in [0.4, 0.5) is 4.39 Å².